The first-order chi connectivity index (χ1) is 11.4. The van der Waals surface area contributed by atoms with Gasteiger partial charge in [-0.3, -0.25) is 4.79 Å². The van der Waals surface area contributed by atoms with E-state index in [-0.39, 0.29) is 16.7 Å². The van der Waals surface area contributed by atoms with Crippen LogP contribution in [0.25, 0.3) is 0 Å². The Hall–Kier alpha value is -1.22. The molecule has 1 N–H and O–H groups in total. The molecule has 0 aliphatic carbocycles. The van der Waals surface area contributed by atoms with Crippen LogP contribution >= 0.6 is 27.3 Å². The number of halogens is 1. The third-order valence-corrected chi connectivity index (χ3v) is 8.10. The van der Waals surface area contributed by atoms with Gasteiger partial charge in [0.05, 0.1) is 9.70 Å². The summed E-state index contributed by atoms with van der Waals surface area (Å²) in [5, 5.41) is 9.43. The number of hydrogen-bond donors (Lipinski definition) is 1. The number of rotatable bonds is 4. The van der Waals surface area contributed by atoms with Gasteiger partial charge >= 0.3 is 5.97 Å². The molecule has 24 heavy (non-hydrogen) atoms. The molecule has 2 atom stereocenters. The fourth-order valence-electron chi connectivity index (χ4n) is 2.96. The fourth-order valence-corrected chi connectivity index (χ4v) is 6.66. The normalized spacial score (nSPS) is 22.4. The molecular weight excluding hydrogens is 414 g/mol. The van der Waals surface area contributed by atoms with Gasteiger partial charge in [-0.2, -0.15) is 4.31 Å². The number of nitrogens with zero attached hydrogens (tertiary/aromatic N) is 1. The molecule has 0 bridgehead atoms. The lowest BCUT2D eigenvalue weighted by Gasteiger charge is -2.35. The van der Waals surface area contributed by atoms with E-state index in [4.69, 9.17) is 0 Å². The Morgan fingerprint density at radius 1 is 1.17 bits per heavy atom. The molecule has 8 heteroatoms. The van der Waals surface area contributed by atoms with Gasteiger partial charge in [-0.25, -0.2) is 8.42 Å². The number of sulfonamides is 1. The number of aliphatic carboxylic acids is 1. The molecular formula is C16H16BrNO4S2. The van der Waals surface area contributed by atoms with E-state index in [0.717, 1.165) is 20.7 Å². The molecule has 5 nitrogen and oxygen atoms in total. The molecule has 0 spiro atoms. The third kappa shape index (κ3) is 3.56. The van der Waals surface area contributed by atoms with Crippen LogP contribution in [-0.2, 0) is 14.8 Å². The maximum absolute atomic E-state index is 12.9. The SMILES string of the molecule is O=C(O)C1CC(c2ccccc2)CN(S(=O)(=O)c2ccc(Br)s2)C1. The van der Waals surface area contributed by atoms with E-state index >= 15 is 0 Å². The van der Waals surface area contributed by atoms with Crippen LogP contribution < -0.4 is 0 Å². The van der Waals surface area contributed by atoms with Gasteiger partial charge in [-0.05, 0) is 46.0 Å². The van der Waals surface area contributed by atoms with Gasteiger partial charge in [0.1, 0.15) is 4.21 Å². The average molecular weight is 430 g/mol. The second-order valence-electron chi connectivity index (χ2n) is 5.76. The first-order valence-corrected chi connectivity index (χ1v) is 10.5. The lowest BCUT2D eigenvalue weighted by Crippen LogP contribution is -2.45. The maximum Gasteiger partial charge on any atom is 0.307 e. The predicted octanol–water partition coefficient (Wildman–Crippen LogP) is 3.39. The topological polar surface area (TPSA) is 74.7 Å². The van der Waals surface area contributed by atoms with Gasteiger partial charge in [-0.1, -0.05) is 30.3 Å². The van der Waals surface area contributed by atoms with Crippen LogP contribution in [0.3, 0.4) is 0 Å². The second kappa shape index (κ2) is 6.95. The summed E-state index contributed by atoms with van der Waals surface area (Å²) in [5.74, 6) is -1.79. The highest BCUT2D eigenvalue weighted by molar-refractivity contribution is 9.11. The summed E-state index contributed by atoms with van der Waals surface area (Å²) in [6, 6.07) is 12.7. The number of thiophene rings is 1. The second-order valence-corrected chi connectivity index (χ2v) is 10.4. The highest BCUT2D eigenvalue weighted by Gasteiger charge is 2.38. The Morgan fingerprint density at radius 3 is 2.46 bits per heavy atom. The van der Waals surface area contributed by atoms with Gasteiger partial charge in [-0.15, -0.1) is 11.3 Å². The number of carboxylic acids is 1. The molecule has 1 aromatic carbocycles. The summed E-state index contributed by atoms with van der Waals surface area (Å²) in [6.07, 6.45) is 0.444. The lowest BCUT2D eigenvalue weighted by molar-refractivity contribution is -0.143. The summed E-state index contributed by atoms with van der Waals surface area (Å²) in [4.78, 5) is 11.5. The zero-order chi connectivity index (χ0) is 17.3. The Balaban J connectivity index is 1.93. The monoisotopic (exact) mass is 429 g/mol. The number of piperidine rings is 1. The van der Waals surface area contributed by atoms with Gasteiger partial charge in [0.25, 0.3) is 10.0 Å². The maximum atomic E-state index is 12.9. The third-order valence-electron chi connectivity index (χ3n) is 4.18. The van der Waals surface area contributed by atoms with E-state index in [2.05, 4.69) is 15.9 Å². The molecule has 2 heterocycles. The molecule has 0 saturated carbocycles. The number of carbonyl (C=O) groups is 1. The minimum absolute atomic E-state index is 0.0104. The molecule has 2 aromatic rings. The van der Waals surface area contributed by atoms with Crippen molar-refractivity contribution in [3.63, 3.8) is 0 Å². The molecule has 1 aliphatic heterocycles. The Morgan fingerprint density at radius 2 is 1.88 bits per heavy atom. The van der Waals surface area contributed by atoms with Gasteiger partial charge in [0.2, 0.25) is 0 Å². The summed E-state index contributed by atoms with van der Waals surface area (Å²) in [7, 11) is -3.69. The molecule has 1 aliphatic rings. The minimum atomic E-state index is -3.69. The van der Waals surface area contributed by atoms with Crippen LogP contribution in [0.5, 0.6) is 0 Å². The van der Waals surface area contributed by atoms with E-state index in [1.807, 2.05) is 30.3 Å². The van der Waals surface area contributed by atoms with Crippen molar-refractivity contribution >= 4 is 43.3 Å². The first kappa shape index (κ1) is 17.6. The highest BCUT2D eigenvalue weighted by atomic mass is 79.9. The number of benzene rings is 1. The highest BCUT2D eigenvalue weighted by Crippen LogP contribution is 2.35. The van der Waals surface area contributed by atoms with Gasteiger partial charge in [0, 0.05) is 13.1 Å². The van der Waals surface area contributed by atoms with Crippen LogP contribution in [-0.4, -0.2) is 36.9 Å². The van der Waals surface area contributed by atoms with Crippen molar-refractivity contribution in [2.75, 3.05) is 13.1 Å². The van der Waals surface area contributed by atoms with Gasteiger partial charge < -0.3 is 5.11 Å². The molecule has 3 rings (SSSR count). The fraction of sp³-hybridized carbons (Fsp3) is 0.312. The van der Waals surface area contributed by atoms with Crippen molar-refractivity contribution in [3.8, 4) is 0 Å². The molecule has 0 amide bonds. The average Bonchev–Trinajstić information content (AvgIpc) is 3.02. The molecule has 128 valence electrons. The van der Waals surface area contributed by atoms with Crippen molar-refractivity contribution in [1.29, 1.82) is 0 Å². The minimum Gasteiger partial charge on any atom is -0.481 e. The quantitative estimate of drug-likeness (QED) is 0.807. The molecule has 1 fully saturated rings. The van der Waals surface area contributed by atoms with Crippen LogP contribution in [0, 0.1) is 5.92 Å². The van der Waals surface area contributed by atoms with E-state index in [9.17, 15) is 18.3 Å². The van der Waals surface area contributed by atoms with E-state index in [1.165, 1.54) is 4.31 Å². The predicted molar refractivity (Wildman–Crippen MR) is 95.7 cm³/mol. The Kier molecular flexibility index (Phi) is 5.10. The van der Waals surface area contributed by atoms with Crippen molar-refractivity contribution in [2.45, 2.75) is 16.5 Å². The van der Waals surface area contributed by atoms with Gasteiger partial charge in [0.15, 0.2) is 0 Å². The Bertz CT molecular complexity index is 835. The molecule has 2 unspecified atom stereocenters. The summed E-state index contributed by atoms with van der Waals surface area (Å²) < 4.78 is 28.0. The summed E-state index contributed by atoms with van der Waals surface area (Å²) >= 11 is 4.41. The molecule has 1 aromatic heterocycles. The van der Waals surface area contributed by atoms with Crippen LogP contribution in [0.1, 0.15) is 17.9 Å². The zero-order valence-electron chi connectivity index (χ0n) is 12.6. The van der Waals surface area contributed by atoms with Crippen LogP contribution in [0.4, 0.5) is 0 Å². The van der Waals surface area contributed by atoms with E-state index in [1.54, 1.807) is 12.1 Å². The lowest BCUT2D eigenvalue weighted by atomic mass is 9.85. The van der Waals surface area contributed by atoms with Crippen molar-refractivity contribution < 1.29 is 18.3 Å². The largest absolute Gasteiger partial charge is 0.481 e. The zero-order valence-corrected chi connectivity index (χ0v) is 15.9. The number of carboxylic acid groups (broad SMARTS) is 1. The van der Waals surface area contributed by atoms with Crippen molar-refractivity contribution in [1.82, 2.24) is 4.31 Å². The molecule has 0 radical (unpaired) electrons. The van der Waals surface area contributed by atoms with Crippen LogP contribution in [0.2, 0.25) is 0 Å². The smallest absolute Gasteiger partial charge is 0.307 e. The van der Waals surface area contributed by atoms with Crippen LogP contribution in [0.15, 0.2) is 50.5 Å². The van der Waals surface area contributed by atoms with E-state index < -0.39 is 21.9 Å². The Labute approximate surface area is 153 Å². The number of hydrogen-bond acceptors (Lipinski definition) is 4. The first-order valence-electron chi connectivity index (χ1n) is 7.41. The van der Waals surface area contributed by atoms with Crippen molar-refractivity contribution in [3.05, 3.63) is 51.8 Å². The summed E-state index contributed by atoms with van der Waals surface area (Å²) in [5.41, 5.74) is 0.969. The molecule has 1 saturated heterocycles. The van der Waals surface area contributed by atoms with E-state index in [0.29, 0.717) is 13.0 Å². The summed E-state index contributed by atoms with van der Waals surface area (Å²) in [6.45, 7) is 0.308. The van der Waals surface area contributed by atoms with Crippen molar-refractivity contribution in [2.24, 2.45) is 5.92 Å². The standard InChI is InChI=1S/C16H16BrNO4S2/c17-14-6-7-15(23-14)24(21,22)18-9-12(8-13(10-18)16(19)20)11-4-2-1-3-5-11/h1-7,12-13H,8-10H2,(H,19,20).